The van der Waals surface area contributed by atoms with Crippen LogP contribution in [0.4, 0.5) is 23.0 Å². The van der Waals surface area contributed by atoms with Gasteiger partial charge in [0, 0.05) is 41.9 Å². The fraction of sp³-hybridized carbons (Fsp3) is 0.250. The summed E-state index contributed by atoms with van der Waals surface area (Å²) in [5, 5.41) is 8.67. The topological polar surface area (TPSA) is 134 Å². The molecule has 0 unspecified atom stereocenters. The summed E-state index contributed by atoms with van der Waals surface area (Å²) in [4.78, 5) is 33.9. The van der Waals surface area contributed by atoms with Gasteiger partial charge in [-0.15, -0.1) is 0 Å². The summed E-state index contributed by atoms with van der Waals surface area (Å²) in [7, 11) is 0. The van der Waals surface area contributed by atoms with Crippen LogP contribution in [-0.4, -0.2) is 61.2 Å². The molecule has 2 heterocycles. The zero-order valence-corrected chi connectivity index (χ0v) is 18.7. The molecule has 0 aliphatic carbocycles. The number of rotatable bonds is 9. The number of ether oxygens (including phenoxy) is 1. The van der Waals surface area contributed by atoms with Crippen LogP contribution < -0.4 is 26.6 Å². The van der Waals surface area contributed by atoms with E-state index in [2.05, 4.69) is 43.0 Å². The molecule has 4 rings (SSSR count). The third kappa shape index (κ3) is 6.50. The van der Waals surface area contributed by atoms with Gasteiger partial charge in [-0.05, 0) is 42.5 Å². The molecule has 0 bridgehead atoms. The second-order valence-corrected chi connectivity index (χ2v) is 7.73. The van der Waals surface area contributed by atoms with Gasteiger partial charge in [-0.1, -0.05) is 12.1 Å². The van der Waals surface area contributed by atoms with Crippen LogP contribution in [0.5, 0.6) is 0 Å². The number of benzene rings is 2. The SMILES string of the molecule is NC(=O)CNCC(=O)Nc1ccc(-c2ccnc(Nc3ccc(N4CCOCC4)cc3)n2)cc1. The van der Waals surface area contributed by atoms with Crippen LogP contribution in [0.25, 0.3) is 11.3 Å². The van der Waals surface area contributed by atoms with Crippen molar-refractivity contribution in [2.45, 2.75) is 0 Å². The van der Waals surface area contributed by atoms with Crippen molar-refractivity contribution in [1.29, 1.82) is 0 Å². The highest BCUT2D eigenvalue weighted by Gasteiger charge is 2.11. The number of primary amides is 1. The summed E-state index contributed by atoms with van der Waals surface area (Å²) in [5.41, 5.74) is 9.38. The van der Waals surface area contributed by atoms with E-state index < -0.39 is 5.91 Å². The highest BCUT2D eigenvalue weighted by Crippen LogP contribution is 2.23. The Kier molecular flexibility index (Phi) is 7.63. The number of nitrogens with two attached hydrogens (primary N) is 1. The number of amides is 2. The molecule has 10 heteroatoms. The van der Waals surface area contributed by atoms with E-state index in [9.17, 15) is 9.59 Å². The Morgan fingerprint density at radius 2 is 1.65 bits per heavy atom. The molecule has 0 radical (unpaired) electrons. The molecule has 3 aromatic rings. The van der Waals surface area contributed by atoms with Crippen molar-refractivity contribution in [1.82, 2.24) is 15.3 Å². The van der Waals surface area contributed by atoms with Gasteiger partial charge >= 0.3 is 0 Å². The van der Waals surface area contributed by atoms with E-state index in [1.807, 2.05) is 30.3 Å². The van der Waals surface area contributed by atoms with Crippen LogP contribution in [0.1, 0.15) is 0 Å². The van der Waals surface area contributed by atoms with Crippen molar-refractivity contribution >= 4 is 34.8 Å². The van der Waals surface area contributed by atoms with E-state index in [-0.39, 0.29) is 19.0 Å². The molecule has 1 fully saturated rings. The maximum Gasteiger partial charge on any atom is 0.238 e. The lowest BCUT2D eigenvalue weighted by Gasteiger charge is -2.28. The molecule has 176 valence electrons. The Hall–Kier alpha value is -4.02. The molecule has 10 nitrogen and oxygen atoms in total. The Bertz CT molecular complexity index is 1110. The minimum Gasteiger partial charge on any atom is -0.378 e. The van der Waals surface area contributed by atoms with Gasteiger partial charge in [0.2, 0.25) is 17.8 Å². The second-order valence-electron chi connectivity index (χ2n) is 7.73. The lowest BCUT2D eigenvalue weighted by molar-refractivity contribution is -0.117. The first kappa shape index (κ1) is 23.1. The van der Waals surface area contributed by atoms with E-state index in [0.717, 1.165) is 43.2 Å². The number of anilines is 4. The average molecular weight is 462 g/mol. The van der Waals surface area contributed by atoms with Crippen LogP contribution in [0.3, 0.4) is 0 Å². The molecule has 1 aliphatic heterocycles. The van der Waals surface area contributed by atoms with E-state index in [1.54, 1.807) is 18.3 Å². The summed E-state index contributed by atoms with van der Waals surface area (Å²) in [6.07, 6.45) is 1.70. The Labute approximate surface area is 197 Å². The number of carbonyl (C=O) groups excluding carboxylic acids is 2. The lowest BCUT2D eigenvalue weighted by atomic mass is 10.1. The van der Waals surface area contributed by atoms with E-state index in [4.69, 9.17) is 10.5 Å². The van der Waals surface area contributed by atoms with Crippen LogP contribution in [0, 0.1) is 0 Å². The third-order valence-corrected chi connectivity index (χ3v) is 5.20. The molecule has 2 aromatic carbocycles. The maximum absolute atomic E-state index is 11.9. The normalized spacial score (nSPS) is 13.4. The van der Waals surface area contributed by atoms with Gasteiger partial charge in [0.25, 0.3) is 0 Å². The standard InChI is InChI=1S/C24H27N7O3/c25-22(32)15-26-16-23(33)28-18-3-1-17(2-4-18)21-9-10-27-24(30-21)29-19-5-7-20(8-6-19)31-11-13-34-14-12-31/h1-10,26H,11-16H2,(H2,25,32)(H,28,33)(H,27,29,30). The molecule has 0 saturated carbocycles. The predicted molar refractivity (Wildman–Crippen MR) is 131 cm³/mol. The van der Waals surface area contributed by atoms with Gasteiger partial charge in [0.1, 0.15) is 0 Å². The number of aromatic nitrogens is 2. The highest BCUT2D eigenvalue weighted by atomic mass is 16.5. The molecule has 1 saturated heterocycles. The van der Waals surface area contributed by atoms with Gasteiger partial charge in [-0.3, -0.25) is 14.9 Å². The Balaban J connectivity index is 1.35. The van der Waals surface area contributed by atoms with Crippen molar-refractivity contribution in [2.75, 3.05) is 54.9 Å². The summed E-state index contributed by atoms with van der Waals surface area (Å²) in [5.74, 6) is -0.280. The zero-order valence-electron chi connectivity index (χ0n) is 18.7. The van der Waals surface area contributed by atoms with Gasteiger partial charge in [0.15, 0.2) is 0 Å². The summed E-state index contributed by atoms with van der Waals surface area (Å²) < 4.78 is 5.41. The Morgan fingerprint density at radius 3 is 2.35 bits per heavy atom. The third-order valence-electron chi connectivity index (χ3n) is 5.20. The van der Waals surface area contributed by atoms with Crippen molar-refractivity contribution in [3.05, 3.63) is 60.8 Å². The minimum absolute atomic E-state index is 0.000935. The van der Waals surface area contributed by atoms with E-state index >= 15 is 0 Å². The number of nitrogens with one attached hydrogen (secondary N) is 3. The van der Waals surface area contributed by atoms with Crippen molar-refractivity contribution in [2.24, 2.45) is 5.73 Å². The van der Waals surface area contributed by atoms with Crippen LogP contribution in [0.15, 0.2) is 60.8 Å². The molecular formula is C24H27N7O3. The molecule has 1 aliphatic rings. The van der Waals surface area contributed by atoms with E-state index in [0.29, 0.717) is 11.6 Å². The van der Waals surface area contributed by atoms with Crippen LogP contribution in [0.2, 0.25) is 0 Å². The highest BCUT2D eigenvalue weighted by molar-refractivity contribution is 5.92. The molecule has 0 atom stereocenters. The second kappa shape index (κ2) is 11.2. The number of nitrogens with zero attached hydrogens (tertiary/aromatic N) is 3. The molecular weight excluding hydrogens is 434 g/mol. The van der Waals surface area contributed by atoms with Crippen molar-refractivity contribution in [3.8, 4) is 11.3 Å². The number of hydrogen-bond acceptors (Lipinski definition) is 8. The smallest absolute Gasteiger partial charge is 0.238 e. The summed E-state index contributed by atoms with van der Waals surface area (Å²) in [6.45, 7) is 3.25. The fourth-order valence-electron chi connectivity index (χ4n) is 3.51. The molecule has 0 spiro atoms. The fourth-order valence-corrected chi connectivity index (χ4v) is 3.51. The average Bonchev–Trinajstić information content (AvgIpc) is 2.85. The quantitative estimate of drug-likeness (QED) is 0.379. The van der Waals surface area contributed by atoms with E-state index in [1.165, 1.54) is 5.69 Å². The van der Waals surface area contributed by atoms with Crippen LogP contribution >= 0.6 is 0 Å². The number of hydrogen-bond donors (Lipinski definition) is 4. The van der Waals surface area contributed by atoms with Gasteiger partial charge in [-0.25, -0.2) is 9.97 Å². The predicted octanol–water partition coefficient (Wildman–Crippen LogP) is 1.74. The van der Waals surface area contributed by atoms with Gasteiger partial charge in [0.05, 0.1) is 32.0 Å². The lowest BCUT2D eigenvalue weighted by Crippen LogP contribution is -2.36. The first-order chi connectivity index (χ1) is 16.6. The first-order valence-electron chi connectivity index (χ1n) is 11.0. The summed E-state index contributed by atoms with van der Waals surface area (Å²) >= 11 is 0. The summed E-state index contributed by atoms with van der Waals surface area (Å²) in [6, 6.07) is 17.3. The first-order valence-corrected chi connectivity index (χ1v) is 11.0. The number of carbonyl (C=O) groups is 2. The largest absolute Gasteiger partial charge is 0.378 e. The molecule has 5 N–H and O–H groups in total. The molecule has 34 heavy (non-hydrogen) atoms. The Morgan fingerprint density at radius 1 is 0.941 bits per heavy atom. The molecule has 2 amide bonds. The number of morpholine rings is 1. The zero-order chi connectivity index (χ0) is 23.8. The van der Waals surface area contributed by atoms with Gasteiger partial charge in [-0.2, -0.15) is 0 Å². The molecule has 1 aromatic heterocycles. The van der Waals surface area contributed by atoms with Crippen molar-refractivity contribution < 1.29 is 14.3 Å². The monoisotopic (exact) mass is 461 g/mol. The van der Waals surface area contributed by atoms with Crippen LogP contribution in [-0.2, 0) is 14.3 Å². The minimum atomic E-state index is -0.513. The van der Waals surface area contributed by atoms with Crippen molar-refractivity contribution in [3.63, 3.8) is 0 Å². The van der Waals surface area contributed by atoms with Gasteiger partial charge < -0.3 is 26.0 Å². The maximum atomic E-state index is 11.9.